The van der Waals surface area contributed by atoms with Crippen molar-refractivity contribution in [3.8, 4) is 0 Å². The van der Waals surface area contributed by atoms with Gasteiger partial charge in [-0.1, -0.05) is 38.5 Å². The number of ether oxygens (including phenoxy) is 5. The molecule has 0 spiro atoms. The average Bonchev–Trinajstić information content (AvgIpc) is 3.89. The normalized spacial score (nSPS) is 28.4. The van der Waals surface area contributed by atoms with Crippen LogP contribution in [0.1, 0.15) is 159 Å². The zero-order valence-corrected chi connectivity index (χ0v) is 40.9. The Morgan fingerprint density at radius 2 is 0.984 bits per heavy atom. The maximum atomic E-state index is 13.8. The molecule has 2 unspecified atom stereocenters. The molecule has 64 heavy (non-hydrogen) atoms. The molecule has 4 heterocycles. The number of aliphatic carboxylic acids is 1. The number of carbonyl (C=O) groups excluding carboxylic acids is 5. The van der Waals surface area contributed by atoms with E-state index in [1.807, 2.05) is 69.2 Å². The summed E-state index contributed by atoms with van der Waals surface area (Å²) in [5.41, 5.74) is -1.92. The van der Waals surface area contributed by atoms with Crippen LogP contribution < -0.4 is 18.9 Å². The Balaban J connectivity index is 0.000000323. The van der Waals surface area contributed by atoms with Crippen molar-refractivity contribution in [3.63, 3.8) is 0 Å². The second-order valence-corrected chi connectivity index (χ2v) is 21.9. The Labute approximate surface area is 393 Å². The summed E-state index contributed by atoms with van der Waals surface area (Å²) in [6.07, 6.45) is 11.0. The van der Waals surface area contributed by atoms with Gasteiger partial charge in [-0.15, -0.1) is 0 Å². The van der Waals surface area contributed by atoms with Gasteiger partial charge in [0.2, 0.25) is 11.8 Å². The van der Waals surface area contributed by atoms with Crippen LogP contribution in [0, 0.1) is 35.5 Å². The van der Waals surface area contributed by atoms with Gasteiger partial charge in [-0.25, -0.2) is 9.59 Å². The van der Waals surface area contributed by atoms with E-state index in [1.54, 1.807) is 4.90 Å². The number of hydrogen-bond acceptors (Lipinski definition) is 12. The van der Waals surface area contributed by atoms with Crippen LogP contribution in [0.4, 0.5) is 0 Å². The molecule has 0 aromatic rings. The Bertz CT molecular complexity index is 1610. The van der Waals surface area contributed by atoms with Gasteiger partial charge in [0.25, 0.3) is 0 Å². The third-order valence-corrected chi connectivity index (χ3v) is 13.5. The van der Waals surface area contributed by atoms with Crippen LogP contribution in [0.25, 0.3) is 5.90 Å². The topological polar surface area (TPSA) is 219 Å². The quantitative estimate of drug-likeness (QED) is 0.135. The van der Waals surface area contributed by atoms with E-state index in [2.05, 4.69) is 0 Å². The fraction of sp³-hybridized carbons (Fsp3) is 0.872. The second kappa shape index (κ2) is 22.8. The summed E-state index contributed by atoms with van der Waals surface area (Å²) in [5.74, 6) is 1.16. The molecular formula is C47H78LiN3O13. The van der Waals surface area contributed by atoms with E-state index in [9.17, 15) is 33.9 Å². The van der Waals surface area contributed by atoms with Gasteiger partial charge in [-0.05, 0) is 120 Å². The summed E-state index contributed by atoms with van der Waals surface area (Å²) in [6, 6.07) is -1.55. The predicted molar refractivity (Wildman–Crippen MR) is 232 cm³/mol. The van der Waals surface area contributed by atoms with E-state index < -0.39 is 53.0 Å². The van der Waals surface area contributed by atoms with Crippen LogP contribution in [-0.2, 0) is 52.5 Å². The van der Waals surface area contributed by atoms with Gasteiger partial charge in [-0.3, -0.25) is 19.2 Å². The van der Waals surface area contributed by atoms with Gasteiger partial charge < -0.3 is 49.7 Å². The number of likely N-dealkylation sites (tertiary alicyclic amines) is 2. The molecule has 0 aromatic carbocycles. The van der Waals surface area contributed by atoms with Gasteiger partial charge in [0.1, 0.15) is 23.3 Å². The number of fused-ring (bicyclic) bond motifs is 2. The molecule has 2 amide bonds. The first-order chi connectivity index (χ1) is 29.3. The van der Waals surface area contributed by atoms with Crippen molar-refractivity contribution in [2.45, 2.75) is 206 Å². The summed E-state index contributed by atoms with van der Waals surface area (Å²) in [6.45, 7) is 19.5. The molecule has 4 saturated heterocycles. The number of rotatable bonds is 10. The van der Waals surface area contributed by atoms with E-state index in [4.69, 9.17) is 34.8 Å². The first-order valence-electron chi connectivity index (χ1n) is 23.2. The number of hydrogen-bond donors (Lipinski definition) is 2. The maximum absolute atomic E-state index is 13.8. The van der Waals surface area contributed by atoms with Crippen molar-refractivity contribution in [3.05, 3.63) is 5.90 Å². The minimum absolute atomic E-state index is 0. The average molecular weight is 900 g/mol. The molecule has 0 aromatic heterocycles. The zero-order chi connectivity index (χ0) is 47.2. The molecule has 360 valence electrons. The Hall–Kier alpha value is -2.74. The molecule has 8 atom stereocenters. The minimum atomic E-state index is -0.989. The van der Waals surface area contributed by atoms with Crippen LogP contribution in [0.3, 0.4) is 0 Å². The Kier molecular flexibility index (Phi) is 19.8. The number of methoxy groups -OCH3 is 1. The van der Waals surface area contributed by atoms with Crippen molar-refractivity contribution < 1.29 is 81.6 Å². The Morgan fingerprint density at radius 1 is 0.641 bits per heavy atom. The molecule has 17 heteroatoms. The van der Waals surface area contributed by atoms with Gasteiger partial charge in [-0.2, -0.15) is 0 Å². The van der Waals surface area contributed by atoms with Crippen molar-refractivity contribution >= 4 is 35.7 Å². The van der Waals surface area contributed by atoms with Gasteiger partial charge in [0.15, 0.2) is 0 Å². The summed E-state index contributed by atoms with van der Waals surface area (Å²) in [4.78, 5) is 80.7. The first kappa shape index (κ1) is 55.6. The van der Waals surface area contributed by atoms with E-state index in [0.29, 0.717) is 19.4 Å². The third-order valence-electron chi connectivity index (χ3n) is 13.5. The number of carboxylic acids is 1. The second-order valence-electron chi connectivity index (χ2n) is 21.9. The molecule has 6 rings (SSSR count). The molecule has 6 aliphatic rings. The summed E-state index contributed by atoms with van der Waals surface area (Å²) in [5, 5.41) is 16.2. The fourth-order valence-electron chi connectivity index (χ4n) is 11.3. The standard InChI is InChI=1S/C24H39NO6.C23H37NO6.Li.H2NO/c1-23(2,3)31-19(26)12-16(15-10-8-7-9-11-15)21(27)25-14-18-17(13-24(4,5)30-18)20(25)22(28)29-6;1-22(2,3)30-18(25)11-15(14-9-7-6-8-10-14)20(26)24-13-17-16(19(24)21(27)28)12-23(4,5)29-17;;1-2/h15-18,20H,7-14H2,1-6H3;14-17,19H,6-13H2,1-5H3,(H,27,28);;1-2H/q;;+1;-1/t16-,17-,18?,20-;15-,16-,17?,19-;;/m00../s1. The van der Waals surface area contributed by atoms with E-state index in [1.165, 1.54) is 12.0 Å². The van der Waals surface area contributed by atoms with Crippen LogP contribution in [0.2, 0.25) is 0 Å². The molecule has 16 nitrogen and oxygen atoms in total. The molecule has 2 aliphatic carbocycles. The molecule has 6 fully saturated rings. The largest absolute Gasteiger partial charge is 1.00 e. The molecule has 2 saturated carbocycles. The van der Waals surface area contributed by atoms with Crippen molar-refractivity contribution in [2.24, 2.45) is 35.5 Å². The summed E-state index contributed by atoms with van der Waals surface area (Å²) >= 11 is 0. The van der Waals surface area contributed by atoms with Crippen LogP contribution >= 0.6 is 0 Å². The van der Waals surface area contributed by atoms with Gasteiger partial charge >= 0.3 is 42.7 Å². The predicted octanol–water partition coefficient (Wildman–Crippen LogP) is 4.31. The van der Waals surface area contributed by atoms with E-state index in [-0.39, 0.29) is 103 Å². The molecular weight excluding hydrogens is 821 g/mol. The SMILES string of the molecule is CC(C)(C)OC(=O)C[C@H](C(=O)N1CC2OC(C)(C)C[C@@H]2[C@H]1C(=O)O)C1CCCCC1.COC(=O)[C@@H]1[C@H]2CC(C)(C)OC2CN1C(=O)[C@@H](CC(=O)OC(C)(C)C)C1CCCCC1.[Li+].[NH-]O. The van der Waals surface area contributed by atoms with E-state index >= 15 is 0 Å². The number of nitrogens with zero attached hydrogens (tertiary/aromatic N) is 2. The molecule has 4 aliphatic heterocycles. The van der Waals surface area contributed by atoms with Crippen molar-refractivity contribution in [2.75, 3.05) is 20.2 Å². The number of esters is 3. The van der Waals surface area contributed by atoms with Crippen LogP contribution in [0.15, 0.2) is 0 Å². The van der Waals surface area contributed by atoms with Gasteiger partial charge in [0.05, 0.1) is 55.2 Å². The van der Waals surface area contributed by atoms with Crippen molar-refractivity contribution in [1.82, 2.24) is 9.80 Å². The number of nitrogens with one attached hydrogen (secondary N) is 1. The summed E-state index contributed by atoms with van der Waals surface area (Å²) in [7, 11) is 1.36. The third kappa shape index (κ3) is 14.6. The van der Waals surface area contributed by atoms with Crippen molar-refractivity contribution in [1.29, 1.82) is 0 Å². The first-order valence-corrected chi connectivity index (χ1v) is 23.2. The monoisotopic (exact) mass is 900 g/mol. The smallest absolute Gasteiger partial charge is 0.553 e. The zero-order valence-electron chi connectivity index (χ0n) is 40.9. The van der Waals surface area contributed by atoms with Gasteiger partial charge in [0, 0.05) is 24.9 Å². The van der Waals surface area contributed by atoms with Crippen LogP contribution in [-0.4, -0.2) is 123 Å². The fourth-order valence-corrected chi connectivity index (χ4v) is 11.3. The number of amides is 2. The molecule has 0 bridgehead atoms. The minimum Gasteiger partial charge on any atom is -0.553 e. The van der Waals surface area contributed by atoms with E-state index in [0.717, 1.165) is 64.2 Å². The Morgan fingerprint density at radius 3 is 1.31 bits per heavy atom. The maximum Gasteiger partial charge on any atom is 1.00 e. The molecule has 0 radical (unpaired) electrons. The number of carbonyl (C=O) groups is 6. The van der Waals surface area contributed by atoms with Crippen LogP contribution in [0.5, 0.6) is 0 Å². The number of carboxylic acid groups (broad SMARTS) is 1. The summed E-state index contributed by atoms with van der Waals surface area (Å²) < 4.78 is 28.3. The molecule has 3 N–H and O–H groups in total.